The van der Waals surface area contributed by atoms with Crippen LogP contribution in [0.5, 0.6) is 11.5 Å². The van der Waals surface area contributed by atoms with E-state index in [0.29, 0.717) is 11.5 Å². The second-order valence-electron chi connectivity index (χ2n) is 15.6. The number of aliphatic hydroxyl groups is 4. The molecule has 9 nitrogen and oxygen atoms in total. The average Bonchev–Trinajstić information content (AvgIpc) is 3.19. The van der Waals surface area contributed by atoms with Crippen LogP contribution in [0.1, 0.15) is 142 Å². The number of aromatic nitrogens is 2. The van der Waals surface area contributed by atoms with E-state index in [9.17, 15) is 20.4 Å². The Kier molecular flexibility index (Phi) is 26.5. The van der Waals surface area contributed by atoms with E-state index < -0.39 is 10.8 Å². The molecule has 2 aromatic rings. The van der Waals surface area contributed by atoms with Crippen LogP contribution in [0.4, 0.5) is 0 Å². The molecule has 304 valence electrons. The van der Waals surface area contributed by atoms with Gasteiger partial charge in [-0.15, -0.1) is 0 Å². The lowest BCUT2D eigenvalue weighted by Crippen LogP contribution is -2.45. The summed E-state index contributed by atoms with van der Waals surface area (Å²) in [5.74, 6) is 1.32. The molecule has 53 heavy (non-hydrogen) atoms. The number of aliphatic hydroxyl groups excluding tert-OH is 4. The fourth-order valence-corrected chi connectivity index (χ4v) is 6.51. The highest BCUT2D eigenvalue weighted by Crippen LogP contribution is 2.24. The number of hydrogen-bond donors (Lipinski definition) is 4. The second kappa shape index (κ2) is 30.0. The first kappa shape index (κ1) is 46.9. The van der Waals surface area contributed by atoms with Gasteiger partial charge in [0.2, 0.25) is 12.4 Å². The summed E-state index contributed by atoms with van der Waals surface area (Å²) in [7, 11) is 0. The van der Waals surface area contributed by atoms with E-state index in [4.69, 9.17) is 14.2 Å². The summed E-state index contributed by atoms with van der Waals surface area (Å²) in [5, 5.41) is 41.2. The molecular weight excluding hydrogens is 668 g/mol. The van der Waals surface area contributed by atoms with Crippen molar-refractivity contribution >= 4 is 0 Å². The molecule has 0 aliphatic heterocycles. The Morgan fingerprint density at radius 2 is 0.774 bits per heavy atom. The van der Waals surface area contributed by atoms with Crippen LogP contribution in [0, 0.1) is 10.8 Å². The molecule has 2 aromatic heterocycles. The molecule has 0 radical (unpaired) electrons. The zero-order valence-corrected chi connectivity index (χ0v) is 33.7. The van der Waals surface area contributed by atoms with Gasteiger partial charge in [-0.3, -0.25) is 0 Å². The largest absolute Gasteiger partial charge is 0.487 e. The van der Waals surface area contributed by atoms with E-state index in [1.54, 1.807) is 0 Å². The van der Waals surface area contributed by atoms with Gasteiger partial charge in [-0.25, -0.2) is 9.13 Å². The highest BCUT2D eigenvalue weighted by atomic mass is 16.5. The predicted octanol–water partition coefficient (Wildman–Crippen LogP) is 7.52. The molecule has 0 amide bonds. The first-order valence-electron chi connectivity index (χ1n) is 21.2. The monoisotopic (exact) mass is 747 g/mol. The molecule has 0 aliphatic rings. The van der Waals surface area contributed by atoms with Crippen LogP contribution < -0.4 is 18.6 Å². The third-order valence-electron chi connectivity index (χ3n) is 10.5. The van der Waals surface area contributed by atoms with Gasteiger partial charge in [0.25, 0.3) is 0 Å². The predicted molar refractivity (Wildman–Crippen MR) is 212 cm³/mol. The van der Waals surface area contributed by atoms with Crippen LogP contribution in [0.25, 0.3) is 0 Å². The van der Waals surface area contributed by atoms with Crippen molar-refractivity contribution in [2.75, 3.05) is 52.9 Å². The molecule has 4 N–H and O–H groups in total. The maximum Gasteiger partial charge on any atom is 0.211 e. The van der Waals surface area contributed by atoms with Crippen molar-refractivity contribution in [3.05, 3.63) is 49.1 Å². The topological polar surface area (TPSA) is 116 Å². The van der Waals surface area contributed by atoms with Crippen LogP contribution in [0.3, 0.4) is 0 Å². The van der Waals surface area contributed by atoms with Gasteiger partial charge in [-0.05, 0) is 25.0 Å². The van der Waals surface area contributed by atoms with E-state index >= 15 is 0 Å². The molecule has 0 atom stereocenters. The lowest BCUT2D eigenvalue weighted by atomic mass is 9.90. The lowest BCUT2D eigenvalue weighted by Gasteiger charge is -2.33. The van der Waals surface area contributed by atoms with Gasteiger partial charge in [0.1, 0.15) is 26.3 Å². The van der Waals surface area contributed by atoms with Gasteiger partial charge in [-0.1, -0.05) is 117 Å². The third-order valence-corrected chi connectivity index (χ3v) is 10.5. The molecule has 0 aromatic carbocycles. The fourth-order valence-electron chi connectivity index (χ4n) is 6.51. The summed E-state index contributed by atoms with van der Waals surface area (Å²) in [6.45, 7) is 5.02. The molecule has 0 bridgehead atoms. The molecule has 0 fully saturated rings. The summed E-state index contributed by atoms with van der Waals surface area (Å²) < 4.78 is 22.4. The van der Waals surface area contributed by atoms with Crippen LogP contribution in [-0.2, 0) is 17.8 Å². The van der Waals surface area contributed by atoms with Crippen molar-refractivity contribution in [2.45, 2.75) is 155 Å². The zero-order chi connectivity index (χ0) is 38.3. The van der Waals surface area contributed by atoms with Gasteiger partial charge >= 0.3 is 0 Å². The Hall–Kier alpha value is -2.30. The minimum absolute atomic E-state index is 0.0165. The number of rotatable bonds is 36. The minimum atomic E-state index is -1.06. The third kappa shape index (κ3) is 20.8. The molecule has 0 aliphatic carbocycles. The number of unbranched alkanes of at least 4 members (excludes halogenated alkanes) is 18. The highest BCUT2D eigenvalue weighted by molar-refractivity contribution is 5.13. The van der Waals surface area contributed by atoms with Crippen molar-refractivity contribution in [3.8, 4) is 11.5 Å². The van der Waals surface area contributed by atoms with Gasteiger partial charge in [0.15, 0.2) is 23.9 Å². The molecule has 0 unspecified atom stereocenters. The Balaban J connectivity index is 1.75. The first-order valence-corrected chi connectivity index (χ1v) is 21.2. The number of ether oxygens (including phenoxy) is 3. The molecule has 0 spiro atoms. The average molecular weight is 747 g/mol. The van der Waals surface area contributed by atoms with Gasteiger partial charge in [0.05, 0.1) is 50.5 Å². The maximum absolute atomic E-state index is 10.3. The summed E-state index contributed by atoms with van der Waals surface area (Å²) in [6.07, 6.45) is 33.9. The zero-order valence-electron chi connectivity index (χ0n) is 33.7. The van der Waals surface area contributed by atoms with Crippen molar-refractivity contribution in [1.82, 2.24) is 0 Å². The van der Waals surface area contributed by atoms with Crippen LogP contribution in [0.2, 0.25) is 0 Å². The SMILES string of the molecule is CCCCCCCCCCCC[n+]1cccc(OCC(CO)(CO)COCC(CO)(CO)COc2ccc[n+](CCCCCCCCCCCC)c2)c1. The molecule has 9 heteroatoms. The number of nitrogens with zero attached hydrogens (tertiary/aromatic N) is 2. The summed E-state index contributed by atoms with van der Waals surface area (Å²) in [5.41, 5.74) is -2.12. The molecular formula is C44H78N2O7+2. The fraction of sp³-hybridized carbons (Fsp3) is 0.773. The summed E-state index contributed by atoms with van der Waals surface area (Å²) in [4.78, 5) is 0. The van der Waals surface area contributed by atoms with Crippen molar-refractivity contribution in [3.63, 3.8) is 0 Å². The standard InChI is InChI=1S/C44H78N2O7/c1-3-5-7-9-11-13-15-17-19-21-27-45-29-23-25-41(31-45)52-39-43(33-47,34-48)37-51-38-44(35-49,36-50)40-53-42-26-24-30-46(32-42)28-22-20-18-16-14-12-10-8-6-4-2/h23-26,29-32,47-50H,3-22,27-28,33-40H2,1-2H3/q+2. The van der Waals surface area contributed by atoms with Gasteiger partial charge in [0, 0.05) is 25.0 Å². The maximum atomic E-state index is 10.3. The van der Waals surface area contributed by atoms with E-state index in [1.807, 2.05) is 49.1 Å². The Bertz CT molecular complexity index is 1050. The Labute approximate surface area is 322 Å². The molecule has 0 saturated carbocycles. The summed E-state index contributed by atoms with van der Waals surface area (Å²) >= 11 is 0. The first-order chi connectivity index (χ1) is 26.0. The smallest absolute Gasteiger partial charge is 0.211 e. The van der Waals surface area contributed by atoms with Crippen LogP contribution in [-0.4, -0.2) is 73.3 Å². The number of aryl methyl sites for hydroxylation is 2. The van der Waals surface area contributed by atoms with Gasteiger partial charge < -0.3 is 34.6 Å². The van der Waals surface area contributed by atoms with E-state index in [0.717, 1.165) is 25.9 Å². The van der Waals surface area contributed by atoms with Crippen molar-refractivity contribution < 1.29 is 43.8 Å². The van der Waals surface area contributed by atoms with Crippen molar-refractivity contribution in [2.24, 2.45) is 10.8 Å². The second-order valence-corrected chi connectivity index (χ2v) is 15.6. The van der Waals surface area contributed by atoms with Crippen LogP contribution >= 0.6 is 0 Å². The van der Waals surface area contributed by atoms with E-state index in [1.165, 1.54) is 116 Å². The minimum Gasteiger partial charge on any atom is -0.487 e. The lowest BCUT2D eigenvalue weighted by molar-refractivity contribution is -0.697. The highest BCUT2D eigenvalue weighted by Gasteiger charge is 2.35. The molecule has 2 heterocycles. The molecule has 0 saturated heterocycles. The Morgan fingerprint density at radius 3 is 1.09 bits per heavy atom. The number of pyridine rings is 2. The normalized spacial score (nSPS) is 12.0. The number of hydrogen-bond acceptors (Lipinski definition) is 7. The van der Waals surface area contributed by atoms with Gasteiger partial charge in [-0.2, -0.15) is 0 Å². The summed E-state index contributed by atoms with van der Waals surface area (Å²) in [6, 6.07) is 7.65. The van der Waals surface area contributed by atoms with E-state index in [-0.39, 0.29) is 52.9 Å². The quantitative estimate of drug-likeness (QED) is 0.0421. The van der Waals surface area contributed by atoms with E-state index in [2.05, 4.69) is 23.0 Å². The Morgan fingerprint density at radius 1 is 0.453 bits per heavy atom. The molecule has 2 rings (SSSR count). The van der Waals surface area contributed by atoms with Crippen LogP contribution in [0.15, 0.2) is 49.1 Å². The van der Waals surface area contributed by atoms with Crippen molar-refractivity contribution in [1.29, 1.82) is 0 Å².